The molecule has 0 bridgehead atoms. The second kappa shape index (κ2) is 12.6. The van der Waals surface area contributed by atoms with Crippen molar-refractivity contribution in [3.05, 3.63) is 88.8 Å². The summed E-state index contributed by atoms with van der Waals surface area (Å²) < 4.78 is 0. The summed E-state index contributed by atoms with van der Waals surface area (Å²) >= 11 is 0. The average Bonchev–Trinajstić information content (AvgIpc) is 3.01. The van der Waals surface area contributed by atoms with Crippen molar-refractivity contribution in [3.63, 3.8) is 0 Å². The minimum atomic E-state index is -0.563. The van der Waals surface area contributed by atoms with Crippen molar-refractivity contribution in [1.29, 1.82) is 0 Å². The maximum atomic E-state index is 13.5. The van der Waals surface area contributed by atoms with E-state index in [1.54, 1.807) is 0 Å². The molecule has 3 aromatic rings. The number of rotatable bonds is 8. The lowest BCUT2D eigenvalue weighted by Gasteiger charge is -2.41. The van der Waals surface area contributed by atoms with Crippen molar-refractivity contribution >= 4 is 22.6 Å². The van der Waals surface area contributed by atoms with Crippen molar-refractivity contribution in [3.8, 4) is 0 Å². The largest absolute Gasteiger partial charge is 0.342 e. The molecule has 0 radical (unpaired) electrons. The molecule has 1 N–H and O–H groups in total. The number of hydrogen-bond acceptors (Lipinski definition) is 4. The quantitative estimate of drug-likeness (QED) is 0.336. The van der Waals surface area contributed by atoms with Crippen LogP contribution in [-0.4, -0.2) is 36.3 Å². The smallest absolute Gasteiger partial charge is 0.289 e. The summed E-state index contributed by atoms with van der Waals surface area (Å²) in [6.45, 7) is 4.61. The molecule has 6 nitrogen and oxygen atoms in total. The average molecular weight is 526 g/mol. The summed E-state index contributed by atoms with van der Waals surface area (Å²) in [6, 6.07) is 26.0. The lowest BCUT2D eigenvalue weighted by atomic mass is 9.78. The van der Waals surface area contributed by atoms with Gasteiger partial charge in [0.15, 0.2) is 0 Å². The molecule has 204 valence electrons. The standard InChI is InChI=1S/C33H39N3O3/c1-2-31(29-14-8-12-23-11-6-7-13-28(23)29)34-21-27-19-20-36(22-30(27)24-9-4-3-5-10-24)33(38)26-17-15-25(16-18-26)32(37)35-39/h3-14,25-27,30-31,34H,2,15-22H2,1H3/t25-,26-,27?,30?,31-/m1/s1. The highest BCUT2D eigenvalue weighted by Crippen LogP contribution is 2.36. The van der Waals surface area contributed by atoms with Gasteiger partial charge in [-0.1, -0.05) is 79.7 Å². The summed E-state index contributed by atoms with van der Waals surface area (Å²) in [7, 11) is 0. The van der Waals surface area contributed by atoms with Crippen LogP contribution in [0.5, 0.6) is 0 Å². The van der Waals surface area contributed by atoms with Gasteiger partial charge >= 0.3 is 0 Å². The van der Waals surface area contributed by atoms with Gasteiger partial charge in [-0.25, -0.2) is 0 Å². The number of benzene rings is 3. The zero-order chi connectivity index (χ0) is 27.2. The Balaban J connectivity index is 1.27. The van der Waals surface area contributed by atoms with E-state index < -0.39 is 5.91 Å². The molecule has 2 aliphatic rings. The summed E-state index contributed by atoms with van der Waals surface area (Å²) in [6.07, 6.45) is 4.43. The van der Waals surface area contributed by atoms with Crippen molar-refractivity contribution in [2.75, 3.05) is 19.6 Å². The Bertz CT molecular complexity index is 1280. The topological polar surface area (TPSA) is 78.8 Å². The summed E-state index contributed by atoms with van der Waals surface area (Å²) in [5.41, 5.74) is 2.63. The zero-order valence-electron chi connectivity index (χ0n) is 22.8. The van der Waals surface area contributed by atoms with E-state index >= 15 is 0 Å². The highest BCUT2D eigenvalue weighted by Gasteiger charge is 2.37. The highest BCUT2D eigenvalue weighted by molar-refractivity contribution is 5.86. The van der Waals surface area contributed by atoms with Crippen molar-refractivity contribution < 1.29 is 9.59 Å². The molecule has 1 saturated carbocycles. The van der Waals surface area contributed by atoms with E-state index in [0.29, 0.717) is 31.6 Å². The van der Waals surface area contributed by atoms with Gasteiger partial charge in [0.2, 0.25) is 5.91 Å². The van der Waals surface area contributed by atoms with Crippen LogP contribution in [0.3, 0.4) is 0 Å². The molecule has 39 heavy (non-hydrogen) atoms. The summed E-state index contributed by atoms with van der Waals surface area (Å²) in [5.74, 6) is -0.0517. The molecule has 2 amide bonds. The summed E-state index contributed by atoms with van der Waals surface area (Å²) in [4.78, 5) is 37.9. The number of hydrogen-bond donors (Lipinski definition) is 1. The number of fused-ring (bicyclic) bond motifs is 1. The molecular formula is C33H39N3O3. The van der Waals surface area contributed by atoms with Crippen LogP contribution < -0.4 is 5.32 Å². The van der Waals surface area contributed by atoms with Gasteiger partial charge in [0.25, 0.3) is 5.91 Å². The van der Waals surface area contributed by atoms with Crippen molar-refractivity contribution in [2.24, 2.45) is 22.9 Å². The first-order valence-electron chi connectivity index (χ1n) is 14.5. The number of likely N-dealkylation sites (tertiary alicyclic amines) is 1. The lowest BCUT2D eigenvalue weighted by Crippen LogP contribution is -2.48. The molecule has 0 aromatic heterocycles. The van der Waals surface area contributed by atoms with Gasteiger partial charge in [0.1, 0.15) is 0 Å². The van der Waals surface area contributed by atoms with Crippen LogP contribution in [0.2, 0.25) is 0 Å². The van der Waals surface area contributed by atoms with Gasteiger partial charge in [-0.3, -0.25) is 9.59 Å². The molecule has 2 unspecified atom stereocenters. The van der Waals surface area contributed by atoms with E-state index in [9.17, 15) is 14.5 Å². The first-order chi connectivity index (χ1) is 19.1. The van der Waals surface area contributed by atoms with Crippen LogP contribution >= 0.6 is 0 Å². The van der Waals surface area contributed by atoms with Crippen LogP contribution in [0.15, 0.2) is 78.0 Å². The van der Waals surface area contributed by atoms with Gasteiger partial charge in [-0.15, -0.1) is 4.91 Å². The van der Waals surface area contributed by atoms with Crippen LogP contribution in [-0.2, 0) is 9.59 Å². The Morgan fingerprint density at radius 2 is 1.59 bits per heavy atom. The van der Waals surface area contributed by atoms with Crippen molar-refractivity contribution in [2.45, 2.75) is 57.4 Å². The maximum absolute atomic E-state index is 13.5. The third kappa shape index (κ3) is 6.11. The van der Waals surface area contributed by atoms with E-state index in [0.717, 1.165) is 32.5 Å². The van der Waals surface area contributed by atoms with E-state index in [4.69, 9.17) is 0 Å². The van der Waals surface area contributed by atoms with Gasteiger partial charge < -0.3 is 10.2 Å². The number of piperidine rings is 1. The molecule has 1 aliphatic carbocycles. The first-order valence-corrected chi connectivity index (χ1v) is 14.5. The number of amides is 2. The van der Waals surface area contributed by atoms with Gasteiger partial charge in [0, 0.05) is 42.1 Å². The lowest BCUT2D eigenvalue weighted by molar-refractivity contribution is -0.139. The molecule has 2 fully saturated rings. The molecule has 6 heteroatoms. The third-order valence-electron chi connectivity index (χ3n) is 9.04. The fourth-order valence-corrected chi connectivity index (χ4v) is 6.77. The van der Waals surface area contributed by atoms with Crippen molar-refractivity contribution in [1.82, 2.24) is 10.2 Å². The van der Waals surface area contributed by atoms with Crippen LogP contribution in [0, 0.1) is 22.7 Å². The number of nitrogens with one attached hydrogen (secondary N) is 1. The van der Waals surface area contributed by atoms with Gasteiger partial charge in [-0.05, 0) is 72.9 Å². The normalized spacial score (nSPS) is 24.3. The van der Waals surface area contributed by atoms with E-state index in [1.807, 2.05) is 6.07 Å². The van der Waals surface area contributed by atoms with Crippen LogP contribution in [0.25, 0.3) is 10.8 Å². The number of nitrogens with zero attached hydrogens (tertiary/aromatic N) is 2. The first kappa shape index (κ1) is 27.2. The van der Waals surface area contributed by atoms with Gasteiger partial charge in [-0.2, -0.15) is 0 Å². The molecule has 1 aliphatic heterocycles. The molecule has 1 heterocycles. The maximum Gasteiger partial charge on any atom is 0.289 e. The minimum absolute atomic E-state index is 0.0670. The second-order valence-electron chi connectivity index (χ2n) is 11.3. The fourth-order valence-electron chi connectivity index (χ4n) is 6.77. The predicted octanol–water partition coefficient (Wildman–Crippen LogP) is 6.61. The Hall–Kier alpha value is -3.38. The van der Waals surface area contributed by atoms with E-state index in [-0.39, 0.29) is 29.7 Å². The molecule has 5 rings (SSSR count). The molecule has 3 aromatic carbocycles. The Morgan fingerprint density at radius 1 is 0.897 bits per heavy atom. The SMILES string of the molecule is CC[C@@H](NCC1CCN(C(=O)[C@H]2CC[C@H](C(=O)N=O)CC2)CC1c1ccccc1)c1cccc2ccccc12. The Labute approximate surface area is 231 Å². The zero-order valence-corrected chi connectivity index (χ0v) is 22.8. The molecule has 3 atom stereocenters. The molecule has 0 spiro atoms. The monoisotopic (exact) mass is 525 g/mol. The van der Waals surface area contributed by atoms with Gasteiger partial charge in [0.05, 0.1) is 0 Å². The predicted molar refractivity (Wildman–Crippen MR) is 155 cm³/mol. The molecular weight excluding hydrogens is 486 g/mol. The Morgan fingerprint density at radius 3 is 2.33 bits per heavy atom. The number of carbonyl (C=O) groups excluding carboxylic acids is 2. The third-order valence-corrected chi connectivity index (χ3v) is 9.04. The Kier molecular flexibility index (Phi) is 8.82. The number of nitroso groups, excluding NO2 is 1. The second-order valence-corrected chi connectivity index (χ2v) is 11.3. The minimum Gasteiger partial charge on any atom is -0.342 e. The molecule has 1 saturated heterocycles. The van der Waals surface area contributed by atoms with Crippen LogP contribution in [0.1, 0.15) is 68.5 Å². The summed E-state index contributed by atoms with van der Waals surface area (Å²) in [5, 5.41) is 9.08. The highest BCUT2D eigenvalue weighted by atomic mass is 16.3. The van der Waals surface area contributed by atoms with Crippen LogP contribution in [0.4, 0.5) is 0 Å². The number of carbonyl (C=O) groups is 2. The fraction of sp³-hybridized carbons (Fsp3) is 0.455. The van der Waals surface area contributed by atoms with E-state index in [1.165, 1.54) is 21.9 Å². The van der Waals surface area contributed by atoms with E-state index in [2.05, 4.69) is 89.0 Å².